The number of rotatable bonds is 7. The Labute approximate surface area is 129 Å². The lowest BCUT2D eigenvalue weighted by atomic mass is 10.1. The third kappa shape index (κ3) is 4.90. The topological polar surface area (TPSA) is 27.7 Å². The van der Waals surface area contributed by atoms with Gasteiger partial charge in [0.1, 0.15) is 5.75 Å². The third-order valence-corrected chi connectivity index (χ3v) is 4.01. The van der Waals surface area contributed by atoms with E-state index in [1.165, 1.54) is 30.5 Å². The van der Waals surface area contributed by atoms with Crippen molar-refractivity contribution >= 4 is 5.69 Å². The van der Waals surface area contributed by atoms with Crippen LogP contribution in [0.2, 0.25) is 0 Å². The van der Waals surface area contributed by atoms with Gasteiger partial charge in [-0.2, -0.15) is 0 Å². The van der Waals surface area contributed by atoms with Gasteiger partial charge < -0.3 is 19.9 Å². The molecule has 1 fully saturated rings. The molecule has 0 unspecified atom stereocenters. The van der Waals surface area contributed by atoms with Crippen molar-refractivity contribution in [1.82, 2.24) is 10.2 Å². The fourth-order valence-corrected chi connectivity index (χ4v) is 2.76. The summed E-state index contributed by atoms with van der Waals surface area (Å²) in [7, 11) is 5.96. The first-order valence-corrected chi connectivity index (χ1v) is 7.98. The van der Waals surface area contributed by atoms with Crippen LogP contribution >= 0.6 is 0 Å². The molecular formula is C17H29N3O. The van der Waals surface area contributed by atoms with Crippen molar-refractivity contribution in [2.24, 2.45) is 0 Å². The van der Waals surface area contributed by atoms with Crippen LogP contribution in [0.15, 0.2) is 18.2 Å². The minimum absolute atomic E-state index is 0.893. The molecule has 2 rings (SSSR count). The molecule has 1 aromatic carbocycles. The monoisotopic (exact) mass is 291 g/mol. The number of methoxy groups -OCH3 is 1. The van der Waals surface area contributed by atoms with Crippen molar-refractivity contribution in [3.8, 4) is 5.75 Å². The highest BCUT2D eigenvalue weighted by molar-refractivity contribution is 5.60. The Morgan fingerprint density at radius 2 is 1.95 bits per heavy atom. The van der Waals surface area contributed by atoms with Crippen LogP contribution in [0.4, 0.5) is 5.69 Å². The minimum Gasteiger partial charge on any atom is -0.495 e. The zero-order chi connectivity index (χ0) is 15.1. The molecule has 21 heavy (non-hydrogen) atoms. The number of anilines is 1. The van der Waals surface area contributed by atoms with E-state index < -0.39 is 0 Å². The SMILES string of the molecule is COc1cc(CNCCN(C)C)ccc1N1CCCCC1. The Bertz CT molecular complexity index is 428. The van der Waals surface area contributed by atoms with E-state index in [2.05, 4.69) is 47.4 Å². The Balaban J connectivity index is 1.95. The first-order chi connectivity index (χ1) is 10.2. The van der Waals surface area contributed by atoms with Crippen LogP contribution in [0.3, 0.4) is 0 Å². The molecule has 0 radical (unpaired) electrons. The van der Waals surface area contributed by atoms with Gasteiger partial charge >= 0.3 is 0 Å². The lowest BCUT2D eigenvalue weighted by Gasteiger charge is -2.30. The Hall–Kier alpha value is -1.26. The maximum absolute atomic E-state index is 5.61. The van der Waals surface area contributed by atoms with Crippen LogP contribution in [0.25, 0.3) is 0 Å². The molecule has 1 aliphatic rings. The van der Waals surface area contributed by atoms with Crippen molar-refractivity contribution < 1.29 is 4.74 Å². The number of nitrogens with one attached hydrogen (secondary N) is 1. The molecule has 0 saturated carbocycles. The molecule has 0 amide bonds. The summed E-state index contributed by atoms with van der Waals surface area (Å²) < 4.78 is 5.61. The maximum atomic E-state index is 5.61. The number of likely N-dealkylation sites (N-methyl/N-ethyl adjacent to an activating group) is 1. The smallest absolute Gasteiger partial charge is 0.142 e. The summed E-state index contributed by atoms with van der Waals surface area (Å²) in [5, 5.41) is 3.47. The molecule has 0 atom stereocenters. The average Bonchev–Trinajstić information content (AvgIpc) is 2.52. The van der Waals surface area contributed by atoms with Crippen molar-refractivity contribution in [3.05, 3.63) is 23.8 Å². The molecule has 0 aliphatic carbocycles. The normalized spacial score (nSPS) is 15.5. The molecule has 1 heterocycles. The fraction of sp³-hybridized carbons (Fsp3) is 0.647. The van der Waals surface area contributed by atoms with Crippen LogP contribution < -0.4 is 15.0 Å². The second-order valence-corrected chi connectivity index (χ2v) is 6.03. The number of benzene rings is 1. The third-order valence-electron chi connectivity index (χ3n) is 4.01. The van der Waals surface area contributed by atoms with Crippen molar-refractivity contribution in [3.63, 3.8) is 0 Å². The number of nitrogens with zero attached hydrogens (tertiary/aromatic N) is 2. The van der Waals surface area contributed by atoms with E-state index in [1.807, 2.05) is 0 Å². The molecule has 0 spiro atoms. The summed E-state index contributed by atoms with van der Waals surface area (Å²) >= 11 is 0. The van der Waals surface area contributed by atoms with Crippen LogP contribution in [-0.2, 0) is 6.54 Å². The minimum atomic E-state index is 0.893. The molecule has 0 bridgehead atoms. The summed E-state index contributed by atoms with van der Waals surface area (Å²) in [6, 6.07) is 6.61. The lowest BCUT2D eigenvalue weighted by Crippen LogP contribution is -2.29. The highest BCUT2D eigenvalue weighted by Gasteiger charge is 2.15. The van der Waals surface area contributed by atoms with Crippen molar-refractivity contribution in [2.45, 2.75) is 25.8 Å². The standard InChI is InChI=1S/C17H29N3O/c1-19(2)12-9-18-14-15-7-8-16(17(13-15)21-3)20-10-5-4-6-11-20/h7-8,13,18H,4-6,9-12,14H2,1-3H3. The van der Waals surface area contributed by atoms with E-state index in [9.17, 15) is 0 Å². The van der Waals surface area contributed by atoms with E-state index >= 15 is 0 Å². The van der Waals surface area contributed by atoms with Crippen LogP contribution in [0, 0.1) is 0 Å². The molecule has 1 saturated heterocycles. The number of ether oxygens (including phenoxy) is 1. The number of piperidine rings is 1. The Morgan fingerprint density at radius 3 is 2.62 bits per heavy atom. The van der Waals surface area contributed by atoms with E-state index in [0.29, 0.717) is 0 Å². The van der Waals surface area contributed by atoms with Gasteiger partial charge in [-0.1, -0.05) is 6.07 Å². The summed E-state index contributed by atoms with van der Waals surface area (Å²) in [4.78, 5) is 4.64. The van der Waals surface area contributed by atoms with Gasteiger partial charge in [-0.25, -0.2) is 0 Å². The van der Waals surface area contributed by atoms with E-state index in [1.54, 1.807) is 7.11 Å². The average molecular weight is 291 g/mol. The summed E-state index contributed by atoms with van der Waals surface area (Å²) in [6.45, 7) is 5.25. The highest BCUT2D eigenvalue weighted by Crippen LogP contribution is 2.31. The van der Waals surface area contributed by atoms with Crippen LogP contribution in [-0.4, -0.2) is 52.3 Å². The van der Waals surface area contributed by atoms with Crippen molar-refractivity contribution in [2.75, 3.05) is 52.3 Å². The summed E-state index contributed by atoms with van der Waals surface area (Å²) in [6.07, 6.45) is 3.93. The van der Waals surface area contributed by atoms with Gasteiger partial charge in [-0.3, -0.25) is 0 Å². The van der Waals surface area contributed by atoms with Gasteiger partial charge in [0.15, 0.2) is 0 Å². The van der Waals surface area contributed by atoms with Gasteiger partial charge in [-0.15, -0.1) is 0 Å². The summed E-state index contributed by atoms with van der Waals surface area (Å²) in [5.74, 6) is 1.00. The molecule has 4 heteroatoms. The quantitative estimate of drug-likeness (QED) is 0.780. The first kappa shape index (κ1) is 16.1. The first-order valence-electron chi connectivity index (χ1n) is 7.98. The number of hydrogen-bond acceptors (Lipinski definition) is 4. The fourth-order valence-electron chi connectivity index (χ4n) is 2.76. The second kappa shape index (κ2) is 8.25. The van der Waals surface area contributed by atoms with E-state index in [4.69, 9.17) is 4.74 Å². The van der Waals surface area contributed by atoms with Gasteiger partial charge in [0.2, 0.25) is 0 Å². The molecule has 1 N–H and O–H groups in total. The number of hydrogen-bond donors (Lipinski definition) is 1. The lowest BCUT2D eigenvalue weighted by molar-refractivity contribution is 0.399. The predicted molar refractivity (Wildman–Crippen MR) is 89.3 cm³/mol. The highest BCUT2D eigenvalue weighted by atomic mass is 16.5. The van der Waals surface area contributed by atoms with Gasteiger partial charge in [-0.05, 0) is 51.1 Å². The van der Waals surface area contributed by atoms with Gasteiger partial charge in [0, 0.05) is 32.7 Å². The largest absolute Gasteiger partial charge is 0.495 e. The maximum Gasteiger partial charge on any atom is 0.142 e. The molecule has 1 aromatic rings. The molecule has 4 nitrogen and oxygen atoms in total. The molecular weight excluding hydrogens is 262 g/mol. The van der Waals surface area contributed by atoms with Crippen LogP contribution in [0.5, 0.6) is 5.75 Å². The van der Waals surface area contributed by atoms with E-state index in [-0.39, 0.29) is 0 Å². The van der Waals surface area contributed by atoms with Gasteiger partial charge in [0.05, 0.1) is 12.8 Å². The molecule has 1 aliphatic heterocycles. The Kier molecular flexibility index (Phi) is 6.33. The van der Waals surface area contributed by atoms with Gasteiger partial charge in [0.25, 0.3) is 0 Å². The predicted octanol–water partition coefficient (Wildman–Crippen LogP) is 2.34. The second-order valence-electron chi connectivity index (χ2n) is 6.03. The molecule has 118 valence electrons. The Morgan fingerprint density at radius 1 is 1.19 bits per heavy atom. The zero-order valence-electron chi connectivity index (χ0n) is 13.7. The molecule has 0 aromatic heterocycles. The van der Waals surface area contributed by atoms with Crippen LogP contribution in [0.1, 0.15) is 24.8 Å². The zero-order valence-corrected chi connectivity index (χ0v) is 13.7. The van der Waals surface area contributed by atoms with Crippen molar-refractivity contribution in [1.29, 1.82) is 0 Å². The summed E-state index contributed by atoms with van der Waals surface area (Å²) in [5.41, 5.74) is 2.53. The van der Waals surface area contributed by atoms with E-state index in [0.717, 1.165) is 38.5 Å².